The molecule has 0 atom stereocenters. The Bertz CT molecular complexity index is 246. The topological polar surface area (TPSA) is 55.1 Å². The van der Waals surface area contributed by atoms with E-state index in [0.29, 0.717) is 6.54 Å². The van der Waals surface area contributed by atoms with Crippen molar-refractivity contribution in [1.29, 1.82) is 0 Å². The Labute approximate surface area is 71.6 Å². The van der Waals surface area contributed by atoms with Gasteiger partial charge < -0.3 is 11.1 Å². The van der Waals surface area contributed by atoms with Gasteiger partial charge in [-0.3, -0.25) is 4.79 Å². The maximum absolute atomic E-state index is 10.7. The second kappa shape index (κ2) is 4.51. The molecule has 0 heterocycles. The standard InChI is InChI=1S/C9H11N2O/c10-6-9(12)11-7-8-4-2-1-3-5-8/h2-5H,6-7,10H2,(H,11,12). The summed E-state index contributed by atoms with van der Waals surface area (Å²) < 4.78 is 0. The van der Waals surface area contributed by atoms with Crippen LogP contribution in [0.2, 0.25) is 0 Å². The number of carbonyl (C=O) groups excluding carboxylic acids is 1. The van der Waals surface area contributed by atoms with Gasteiger partial charge in [0.1, 0.15) is 0 Å². The number of nitrogens with two attached hydrogens (primary N) is 1. The van der Waals surface area contributed by atoms with Gasteiger partial charge in [-0.15, -0.1) is 0 Å². The molecular weight excluding hydrogens is 152 g/mol. The van der Waals surface area contributed by atoms with Crippen molar-refractivity contribution in [2.45, 2.75) is 6.54 Å². The molecule has 3 nitrogen and oxygen atoms in total. The zero-order chi connectivity index (χ0) is 8.81. The van der Waals surface area contributed by atoms with Gasteiger partial charge in [0.05, 0.1) is 6.54 Å². The first-order valence-electron chi connectivity index (χ1n) is 3.74. The van der Waals surface area contributed by atoms with Crippen LogP contribution in [0.15, 0.2) is 24.3 Å². The molecule has 63 valence electrons. The van der Waals surface area contributed by atoms with Crippen LogP contribution in [0, 0.1) is 6.07 Å². The number of amides is 1. The van der Waals surface area contributed by atoms with E-state index in [1.165, 1.54) is 0 Å². The van der Waals surface area contributed by atoms with Crippen LogP contribution in [-0.4, -0.2) is 12.5 Å². The predicted molar refractivity (Wildman–Crippen MR) is 46.2 cm³/mol. The minimum Gasteiger partial charge on any atom is -0.351 e. The molecule has 1 aromatic rings. The minimum atomic E-state index is -0.136. The van der Waals surface area contributed by atoms with Gasteiger partial charge in [-0.25, -0.2) is 0 Å². The van der Waals surface area contributed by atoms with Crippen molar-refractivity contribution in [3.8, 4) is 0 Å². The molecule has 0 saturated heterocycles. The number of nitrogens with one attached hydrogen (secondary N) is 1. The van der Waals surface area contributed by atoms with Crippen molar-refractivity contribution in [2.75, 3.05) is 6.54 Å². The van der Waals surface area contributed by atoms with E-state index in [2.05, 4.69) is 11.4 Å². The largest absolute Gasteiger partial charge is 0.351 e. The number of hydrogen-bond acceptors (Lipinski definition) is 2. The van der Waals surface area contributed by atoms with E-state index in [1.54, 1.807) is 0 Å². The molecule has 1 rings (SSSR count). The maximum Gasteiger partial charge on any atom is 0.234 e. The van der Waals surface area contributed by atoms with Crippen molar-refractivity contribution in [2.24, 2.45) is 5.73 Å². The highest BCUT2D eigenvalue weighted by atomic mass is 16.1. The number of rotatable bonds is 3. The average Bonchev–Trinajstić information content (AvgIpc) is 2.16. The van der Waals surface area contributed by atoms with Gasteiger partial charge in [0.25, 0.3) is 0 Å². The number of benzene rings is 1. The molecule has 0 aliphatic heterocycles. The molecule has 0 aromatic heterocycles. The normalized spacial score (nSPS) is 9.42. The Morgan fingerprint density at radius 3 is 2.75 bits per heavy atom. The zero-order valence-corrected chi connectivity index (χ0v) is 6.71. The van der Waals surface area contributed by atoms with Crippen LogP contribution >= 0.6 is 0 Å². The molecule has 0 spiro atoms. The fraction of sp³-hybridized carbons (Fsp3) is 0.222. The SMILES string of the molecule is NCC(=O)NCc1cc[c]cc1. The van der Waals surface area contributed by atoms with E-state index in [-0.39, 0.29) is 12.5 Å². The second-order valence-electron chi connectivity index (χ2n) is 2.39. The first-order chi connectivity index (χ1) is 5.83. The monoisotopic (exact) mass is 163 g/mol. The van der Waals surface area contributed by atoms with Gasteiger partial charge >= 0.3 is 0 Å². The van der Waals surface area contributed by atoms with Crippen molar-refractivity contribution >= 4 is 5.91 Å². The molecule has 0 aliphatic rings. The lowest BCUT2D eigenvalue weighted by Crippen LogP contribution is -2.29. The predicted octanol–water partition coefficient (Wildman–Crippen LogP) is 0.0617. The van der Waals surface area contributed by atoms with E-state index < -0.39 is 0 Å². The molecule has 0 aliphatic carbocycles. The molecule has 0 fully saturated rings. The summed E-state index contributed by atoms with van der Waals surface area (Å²) in [6, 6.07) is 10.3. The molecule has 3 N–H and O–H groups in total. The lowest BCUT2D eigenvalue weighted by atomic mass is 10.2. The van der Waals surface area contributed by atoms with Gasteiger partial charge in [-0.2, -0.15) is 0 Å². The Kier molecular flexibility index (Phi) is 3.29. The summed E-state index contributed by atoms with van der Waals surface area (Å²) in [6.45, 7) is 0.573. The van der Waals surface area contributed by atoms with Crippen LogP contribution in [-0.2, 0) is 11.3 Å². The quantitative estimate of drug-likeness (QED) is 0.662. The van der Waals surface area contributed by atoms with Gasteiger partial charge in [-0.1, -0.05) is 24.3 Å². The van der Waals surface area contributed by atoms with E-state index in [1.807, 2.05) is 24.3 Å². The first-order valence-corrected chi connectivity index (χ1v) is 3.74. The van der Waals surface area contributed by atoms with Crippen molar-refractivity contribution in [3.63, 3.8) is 0 Å². The summed E-state index contributed by atoms with van der Waals surface area (Å²) in [5.74, 6) is -0.136. The minimum absolute atomic E-state index is 0.0406. The molecule has 1 radical (unpaired) electrons. The first kappa shape index (κ1) is 8.74. The summed E-state index contributed by atoms with van der Waals surface area (Å²) >= 11 is 0. The maximum atomic E-state index is 10.7. The summed E-state index contributed by atoms with van der Waals surface area (Å²) in [4.78, 5) is 10.7. The highest BCUT2D eigenvalue weighted by Crippen LogP contribution is 1.95. The molecule has 1 amide bonds. The zero-order valence-electron chi connectivity index (χ0n) is 6.71. The van der Waals surface area contributed by atoms with Crippen LogP contribution in [0.5, 0.6) is 0 Å². The Balaban J connectivity index is 2.38. The molecule has 1 aromatic carbocycles. The van der Waals surface area contributed by atoms with Crippen molar-refractivity contribution < 1.29 is 4.79 Å². The third-order valence-electron chi connectivity index (χ3n) is 1.46. The van der Waals surface area contributed by atoms with E-state index in [0.717, 1.165) is 5.56 Å². The Hall–Kier alpha value is -1.35. The molecule has 0 bridgehead atoms. The smallest absolute Gasteiger partial charge is 0.234 e. The van der Waals surface area contributed by atoms with Crippen LogP contribution in [0.1, 0.15) is 5.56 Å². The van der Waals surface area contributed by atoms with E-state index >= 15 is 0 Å². The van der Waals surface area contributed by atoms with Gasteiger partial charge in [0, 0.05) is 6.54 Å². The molecule has 0 saturated carbocycles. The Morgan fingerprint density at radius 1 is 1.50 bits per heavy atom. The summed E-state index contributed by atoms with van der Waals surface area (Å²) in [7, 11) is 0. The number of carbonyl (C=O) groups is 1. The lowest BCUT2D eigenvalue weighted by molar-refractivity contribution is -0.119. The molecule has 12 heavy (non-hydrogen) atoms. The number of hydrogen-bond donors (Lipinski definition) is 2. The van der Waals surface area contributed by atoms with Crippen LogP contribution in [0.25, 0.3) is 0 Å². The van der Waals surface area contributed by atoms with Gasteiger partial charge in [0.2, 0.25) is 5.91 Å². The lowest BCUT2D eigenvalue weighted by Gasteiger charge is -2.02. The third-order valence-corrected chi connectivity index (χ3v) is 1.46. The summed E-state index contributed by atoms with van der Waals surface area (Å²) in [5.41, 5.74) is 6.17. The molecule has 0 unspecified atom stereocenters. The van der Waals surface area contributed by atoms with Crippen LogP contribution in [0.3, 0.4) is 0 Å². The average molecular weight is 163 g/mol. The van der Waals surface area contributed by atoms with E-state index in [4.69, 9.17) is 5.73 Å². The second-order valence-corrected chi connectivity index (χ2v) is 2.39. The van der Waals surface area contributed by atoms with Gasteiger partial charge in [0.15, 0.2) is 0 Å². The molecule has 3 heteroatoms. The fourth-order valence-corrected chi connectivity index (χ4v) is 0.812. The van der Waals surface area contributed by atoms with Crippen LogP contribution < -0.4 is 11.1 Å². The van der Waals surface area contributed by atoms with Crippen molar-refractivity contribution in [1.82, 2.24) is 5.32 Å². The van der Waals surface area contributed by atoms with E-state index in [9.17, 15) is 4.79 Å². The fourth-order valence-electron chi connectivity index (χ4n) is 0.812. The van der Waals surface area contributed by atoms with Gasteiger partial charge in [-0.05, 0) is 11.6 Å². The molecular formula is C9H11N2O. The Morgan fingerprint density at radius 2 is 2.17 bits per heavy atom. The third kappa shape index (κ3) is 2.72. The highest BCUT2D eigenvalue weighted by Gasteiger charge is 1.95. The highest BCUT2D eigenvalue weighted by molar-refractivity contribution is 5.77. The summed E-state index contributed by atoms with van der Waals surface area (Å²) in [5, 5.41) is 2.67. The summed E-state index contributed by atoms with van der Waals surface area (Å²) in [6.07, 6.45) is 0. The van der Waals surface area contributed by atoms with Crippen molar-refractivity contribution in [3.05, 3.63) is 35.9 Å². The van der Waals surface area contributed by atoms with Crippen LogP contribution in [0.4, 0.5) is 0 Å².